The van der Waals surface area contributed by atoms with Crippen molar-refractivity contribution in [3.63, 3.8) is 0 Å². The van der Waals surface area contributed by atoms with Crippen LogP contribution in [0.4, 0.5) is 0 Å². The molecule has 0 bridgehead atoms. The Hall–Kier alpha value is -2.82. The van der Waals surface area contributed by atoms with Gasteiger partial charge in [0, 0.05) is 13.1 Å². The lowest BCUT2D eigenvalue weighted by Crippen LogP contribution is -2.52. The molecule has 1 saturated heterocycles. The number of ether oxygens (including phenoxy) is 1. The van der Waals surface area contributed by atoms with E-state index in [1.165, 1.54) is 5.56 Å². The molecule has 5 heteroatoms. The zero-order valence-electron chi connectivity index (χ0n) is 14.4. The molecular weight excluding hydrogens is 314 g/mol. The highest BCUT2D eigenvalue weighted by Gasteiger charge is 2.36. The van der Waals surface area contributed by atoms with E-state index in [-0.39, 0.29) is 11.8 Å². The predicted molar refractivity (Wildman–Crippen MR) is 96.7 cm³/mol. The first-order chi connectivity index (χ1) is 12.1. The summed E-state index contributed by atoms with van der Waals surface area (Å²) in [6.07, 6.45) is -0.485. The maximum Gasteiger partial charge on any atom is 0.263 e. The number of carbonyl (C=O) groups excluding carboxylic acids is 1. The third-order valence-electron chi connectivity index (χ3n) is 4.64. The summed E-state index contributed by atoms with van der Waals surface area (Å²) < 4.78 is 5.72. The zero-order chi connectivity index (χ0) is 17.4. The molecule has 1 amide bonds. The van der Waals surface area contributed by atoms with Gasteiger partial charge in [0.25, 0.3) is 5.91 Å². The number of para-hydroxylation sites is 1. The fraction of sp³-hybridized carbons (Fsp3) is 0.300. The molecule has 0 unspecified atom stereocenters. The third kappa shape index (κ3) is 3.09. The first-order valence-corrected chi connectivity index (χ1v) is 8.57. The van der Waals surface area contributed by atoms with Gasteiger partial charge in [-0.25, -0.2) is 4.98 Å². The number of likely N-dealkylation sites (tertiary alicyclic amines) is 1. The van der Waals surface area contributed by atoms with E-state index < -0.39 is 6.10 Å². The molecule has 0 spiro atoms. The average molecular weight is 335 g/mol. The minimum Gasteiger partial charge on any atom is -0.481 e. The van der Waals surface area contributed by atoms with Crippen molar-refractivity contribution in [1.82, 2.24) is 14.9 Å². The molecule has 1 fully saturated rings. The molecule has 1 N–H and O–H groups in total. The van der Waals surface area contributed by atoms with Crippen LogP contribution in [-0.2, 0) is 4.79 Å². The standard InChI is InChI=1S/C20H21N3O2/c1-13-8-9-17-18(10-13)22-19(21-17)15-11-23(12-15)20(24)14(2)25-16-6-4-3-5-7-16/h3-10,14-15H,11-12H2,1-2H3,(H,21,22)/t14-/m0/s1. The number of aryl methyl sites for hydroxylation is 1. The normalized spacial score (nSPS) is 15.8. The van der Waals surface area contributed by atoms with Crippen molar-refractivity contribution in [2.75, 3.05) is 13.1 Å². The Morgan fingerprint density at radius 1 is 1.24 bits per heavy atom. The lowest BCUT2D eigenvalue weighted by atomic mass is 9.99. The Bertz CT molecular complexity index is 898. The number of carbonyl (C=O) groups is 1. The molecule has 0 saturated carbocycles. The van der Waals surface area contributed by atoms with Gasteiger partial charge in [-0.05, 0) is 43.7 Å². The van der Waals surface area contributed by atoms with Crippen LogP contribution in [0.1, 0.15) is 24.2 Å². The number of aromatic amines is 1. The van der Waals surface area contributed by atoms with Crippen LogP contribution in [0.3, 0.4) is 0 Å². The van der Waals surface area contributed by atoms with Crippen LogP contribution in [0.2, 0.25) is 0 Å². The number of nitrogens with zero attached hydrogens (tertiary/aromatic N) is 2. The summed E-state index contributed by atoms with van der Waals surface area (Å²) in [5.41, 5.74) is 3.24. The molecule has 1 aromatic heterocycles. The summed E-state index contributed by atoms with van der Waals surface area (Å²) >= 11 is 0. The van der Waals surface area contributed by atoms with Crippen LogP contribution >= 0.6 is 0 Å². The van der Waals surface area contributed by atoms with E-state index >= 15 is 0 Å². The van der Waals surface area contributed by atoms with Crippen molar-refractivity contribution in [2.24, 2.45) is 0 Å². The van der Waals surface area contributed by atoms with Gasteiger partial charge in [-0.3, -0.25) is 4.79 Å². The monoisotopic (exact) mass is 335 g/mol. The number of amides is 1. The summed E-state index contributed by atoms with van der Waals surface area (Å²) in [4.78, 5) is 22.4. The Morgan fingerprint density at radius 3 is 2.76 bits per heavy atom. The summed E-state index contributed by atoms with van der Waals surface area (Å²) in [6.45, 7) is 5.23. The van der Waals surface area contributed by atoms with Crippen molar-refractivity contribution in [1.29, 1.82) is 0 Å². The van der Waals surface area contributed by atoms with Crippen molar-refractivity contribution in [2.45, 2.75) is 25.9 Å². The number of nitrogens with one attached hydrogen (secondary N) is 1. The van der Waals surface area contributed by atoms with Crippen molar-refractivity contribution in [3.8, 4) is 5.75 Å². The first kappa shape index (κ1) is 15.7. The number of imidazole rings is 1. The Labute approximate surface area is 146 Å². The lowest BCUT2D eigenvalue weighted by molar-refractivity contribution is -0.142. The Morgan fingerprint density at radius 2 is 2.00 bits per heavy atom. The van der Waals surface area contributed by atoms with E-state index in [0.717, 1.165) is 16.9 Å². The number of benzene rings is 2. The van der Waals surface area contributed by atoms with E-state index in [2.05, 4.69) is 29.0 Å². The molecule has 1 aliphatic heterocycles. The number of fused-ring (bicyclic) bond motifs is 1. The molecule has 25 heavy (non-hydrogen) atoms. The molecule has 2 aromatic carbocycles. The van der Waals surface area contributed by atoms with Gasteiger partial charge in [0.1, 0.15) is 11.6 Å². The highest BCUT2D eigenvalue weighted by Crippen LogP contribution is 2.28. The van der Waals surface area contributed by atoms with Crippen LogP contribution < -0.4 is 4.74 Å². The van der Waals surface area contributed by atoms with Gasteiger partial charge < -0.3 is 14.6 Å². The molecular formula is C20H21N3O2. The van der Waals surface area contributed by atoms with Crippen molar-refractivity contribution < 1.29 is 9.53 Å². The summed E-state index contributed by atoms with van der Waals surface area (Å²) in [7, 11) is 0. The SMILES string of the molecule is Cc1ccc2nc(C3CN(C(=O)[C@H](C)Oc4ccccc4)C3)[nH]c2c1. The van der Waals surface area contributed by atoms with Gasteiger partial charge in [-0.2, -0.15) is 0 Å². The Balaban J connectivity index is 1.38. The number of hydrogen-bond acceptors (Lipinski definition) is 3. The predicted octanol–water partition coefficient (Wildman–Crippen LogP) is 3.26. The fourth-order valence-electron chi connectivity index (χ4n) is 3.18. The summed E-state index contributed by atoms with van der Waals surface area (Å²) in [6, 6.07) is 15.6. The minimum absolute atomic E-state index is 0.0204. The molecule has 2 heterocycles. The third-order valence-corrected chi connectivity index (χ3v) is 4.64. The topological polar surface area (TPSA) is 58.2 Å². The second-order valence-electron chi connectivity index (χ2n) is 6.66. The average Bonchev–Trinajstić information content (AvgIpc) is 2.96. The van der Waals surface area contributed by atoms with Gasteiger partial charge in [0.15, 0.2) is 6.10 Å². The summed E-state index contributed by atoms with van der Waals surface area (Å²) in [5, 5.41) is 0. The number of hydrogen-bond donors (Lipinski definition) is 1. The molecule has 0 aliphatic carbocycles. The fourth-order valence-corrected chi connectivity index (χ4v) is 3.18. The smallest absolute Gasteiger partial charge is 0.263 e. The molecule has 1 atom stereocenters. The highest BCUT2D eigenvalue weighted by molar-refractivity contribution is 5.82. The van der Waals surface area contributed by atoms with Crippen molar-refractivity contribution in [3.05, 3.63) is 59.9 Å². The first-order valence-electron chi connectivity index (χ1n) is 8.57. The molecule has 3 aromatic rings. The largest absolute Gasteiger partial charge is 0.481 e. The maximum atomic E-state index is 12.5. The van der Waals surface area contributed by atoms with Crippen LogP contribution in [0, 0.1) is 6.92 Å². The van der Waals surface area contributed by atoms with Gasteiger partial charge in [0.05, 0.1) is 17.0 Å². The Kier molecular flexibility index (Phi) is 3.92. The lowest BCUT2D eigenvalue weighted by Gasteiger charge is -2.39. The van der Waals surface area contributed by atoms with Crippen LogP contribution in [0.25, 0.3) is 11.0 Å². The quantitative estimate of drug-likeness (QED) is 0.796. The number of H-pyrrole nitrogens is 1. The second kappa shape index (κ2) is 6.24. The summed E-state index contributed by atoms with van der Waals surface area (Å²) in [5.74, 6) is 1.96. The molecule has 0 radical (unpaired) electrons. The van der Waals surface area contributed by atoms with Crippen molar-refractivity contribution >= 4 is 16.9 Å². The van der Waals surface area contributed by atoms with Crippen LogP contribution in [0.5, 0.6) is 5.75 Å². The zero-order valence-corrected chi connectivity index (χ0v) is 14.4. The minimum atomic E-state index is -0.485. The number of rotatable bonds is 4. The highest BCUT2D eigenvalue weighted by atomic mass is 16.5. The van der Waals surface area contributed by atoms with Crippen LogP contribution in [0.15, 0.2) is 48.5 Å². The molecule has 1 aliphatic rings. The van der Waals surface area contributed by atoms with Gasteiger partial charge in [-0.15, -0.1) is 0 Å². The molecule has 4 rings (SSSR count). The van der Waals surface area contributed by atoms with E-state index in [0.29, 0.717) is 18.8 Å². The van der Waals surface area contributed by atoms with Gasteiger partial charge in [0.2, 0.25) is 0 Å². The molecule has 128 valence electrons. The maximum absolute atomic E-state index is 12.5. The van der Waals surface area contributed by atoms with Gasteiger partial charge in [-0.1, -0.05) is 24.3 Å². The van der Waals surface area contributed by atoms with E-state index in [1.807, 2.05) is 41.3 Å². The van der Waals surface area contributed by atoms with E-state index in [4.69, 9.17) is 4.74 Å². The van der Waals surface area contributed by atoms with Gasteiger partial charge >= 0.3 is 0 Å². The molecule has 5 nitrogen and oxygen atoms in total. The van der Waals surface area contributed by atoms with E-state index in [1.54, 1.807) is 6.92 Å². The second-order valence-corrected chi connectivity index (χ2v) is 6.66. The van der Waals surface area contributed by atoms with Crippen LogP contribution in [-0.4, -0.2) is 40.0 Å². The number of aromatic nitrogens is 2. The van der Waals surface area contributed by atoms with E-state index in [9.17, 15) is 4.79 Å².